The number of hydrogen-bond donors (Lipinski definition) is 1. The molecule has 1 aromatic carbocycles. The fourth-order valence-electron chi connectivity index (χ4n) is 6.85. The number of ether oxygens (including phenoxy) is 1. The molecule has 1 unspecified atom stereocenters. The number of aliphatic hydroxyl groups is 1. The van der Waals surface area contributed by atoms with Gasteiger partial charge in [0.1, 0.15) is 11.6 Å². The second-order valence-electron chi connectivity index (χ2n) is 11.0. The number of rotatable bonds is 8. The van der Waals surface area contributed by atoms with Crippen molar-refractivity contribution >= 4 is 17.7 Å². The van der Waals surface area contributed by atoms with Gasteiger partial charge in [-0.3, -0.25) is 14.4 Å². The fourth-order valence-corrected chi connectivity index (χ4v) is 6.85. The predicted octanol–water partition coefficient (Wildman–Crippen LogP) is 2.53. The van der Waals surface area contributed by atoms with Crippen LogP contribution in [-0.2, 0) is 25.7 Å². The fraction of sp³-hybridized carbons (Fsp3) is 0.567. The third-order valence-corrected chi connectivity index (χ3v) is 8.78. The van der Waals surface area contributed by atoms with E-state index in [9.17, 15) is 19.5 Å². The number of fused-ring (bicyclic) bond motifs is 2. The lowest BCUT2D eigenvalue weighted by Gasteiger charge is -2.40. The molecule has 6 atom stereocenters. The second-order valence-corrected chi connectivity index (χ2v) is 11.0. The van der Waals surface area contributed by atoms with Gasteiger partial charge in [0.25, 0.3) is 0 Å². The smallest absolute Gasteiger partial charge is 0.249 e. The quantitative estimate of drug-likeness (QED) is 0.531. The van der Waals surface area contributed by atoms with Crippen LogP contribution in [0.1, 0.15) is 45.6 Å². The molecule has 1 spiro atoms. The van der Waals surface area contributed by atoms with E-state index in [-0.39, 0.29) is 24.3 Å². The molecule has 0 aromatic heterocycles. The van der Waals surface area contributed by atoms with E-state index >= 15 is 0 Å². The number of unbranched alkanes of at least 4 members (excludes halogenated alkanes) is 1. The summed E-state index contributed by atoms with van der Waals surface area (Å²) in [6, 6.07) is 8.29. The van der Waals surface area contributed by atoms with Crippen LogP contribution in [0.2, 0.25) is 0 Å². The largest absolute Gasteiger partial charge is 0.394 e. The molecule has 4 aliphatic heterocycles. The topological polar surface area (TPSA) is 90.4 Å². The van der Waals surface area contributed by atoms with Gasteiger partial charge in [0.2, 0.25) is 17.7 Å². The molecule has 8 nitrogen and oxygen atoms in total. The van der Waals surface area contributed by atoms with Gasteiger partial charge in [-0.1, -0.05) is 74.9 Å². The van der Waals surface area contributed by atoms with Crippen LogP contribution in [0.3, 0.4) is 0 Å². The Balaban J connectivity index is 1.61. The van der Waals surface area contributed by atoms with E-state index in [1.165, 1.54) is 4.90 Å². The lowest BCUT2D eigenvalue weighted by Crippen LogP contribution is -2.58. The van der Waals surface area contributed by atoms with Crippen LogP contribution in [0.25, 0.3) is 0 Å². The molecule has 5 rings (SSSR count). The Bertz CT molecular complexity index is 1140. The molecule has 4 aliphatic rings. The van der Waals surface area contributed by atoms with Crippen molar-refractivity contribution in [3.8, 4) is 0 Å². The van der Waals surface area contributed by atoms with Crippen LogP contribution in [0.5, 0.6) is 0 Å². The Hall–Kier alpha value is -2.97. The molecule has 0 aliphatic carbocycles. The molecule has 38 heavy (non-hydrogen) atoms. The maximum atomic E-state index is 14.3. The number of amides is 3. The molecule has 0 bridgehead atoms. The Morgan fingerprint density at radius 1 is 0.974 bits per heavy atom. The van der Waals surface area contributed by atoms with E-state index in [0.29, 0.717) is 32.6 Å². The molecule has 204 valence electrons. The monoisotopic (exact) mass is 521 g/mol. The van der Waals surface area contributed by atoms with E-state index in [1.54, 1.807) is 16.7 Å². The van der Waals surface area contributed by atoms with Gasteiger partial charge in [-0.05, 0) is 25.3 Å². The summed E-state index contributed by atoms with van der Waals surface area (Å²) in [5.74, 6) is -2.25. The zero-order chi connectivity index (χ0) is 27.1. The molecule has 4 heterocycles. The zero-order valence-corrected chi connectivity index (χ0v) is 22.6. The van der Waals surface area contributed by atoms with Crippen molar-refractivity contribution < 1.29 is 24.2 Å². The number of aliphatic hydroxyl groups excluding tert-OH is 1. The third kappa shape index (κ3) is 4.00. The SMILES string of the molecule is CCCCN1CC=C[C@]23O[C@@]4(CC)C=CCN(Cc5ccccc5)C(=O)[C@H]4[C@H]2C(=O)N([C@H](C)CO)C3C1=O. The second kappa shape index (κ2) is 10.3. The molecular formula is C30H39N3O5. The Morgan fingerprint density at radius 3 is 2.37 bits per heavy atom. The van der Waals surface area contributed by atoms with Crippen molar-refractivity contribution in [3.63, 3.8) is 0 Å². The van der Waals surface area contributed by atoms with Gasteiger partial charge in [0.15, 0.2) is 0 Å². The van der Waals surface area contributed by atoms with Crippen molar-refractivity contribution in [1.82, 2.24) is 14.7 Å². The van der Waals surface area contributed by atoms with Gasteiger partial charge in [-0.2, -0.15) is 0 Å². The molecule has 2 fully saturated rings. The van der Waals surface area contributed by atoms with E-state index < -0.39 is 35.1 Å². The zero-order valence-electron chi connectivity index (χ0n) is 22.6. The van der Waals surface area contributed by atoms with Crippen LogP contribution >= 0.6 is 0 Å². The highest BCUT2D eigenvalue weighted by Gasteiger charge is 2.75. The first-order valence-electron chi connectivity index (χ1n) is 13.9. The highest BCUT2D eigenvalue weighted by molar-refractivity contribution is 6.00. The van der Waals surface area contributed by atoms with Crippen LogP contribution in [0, 0.1) is 11.8 Å². The normalized spacial score (nSPS) is 33.2. The Kier molecular flexibility index (Phi) is 7.22. The van der Waals surface area contributed by atoms with E-state index in [4.69, 9.17) is 4.74 Å². The highest BCUT2D eigenvalue weighted by atomic mass is 16.5. The summed E-state index contributed by atoms with van der Waals surface area (Å²) in [5, 5.41) is 10.1. The Morgan fingerprint density at radius 2 is 1.68 bits per heavy atom. The van der Waals surface area contributed by atoms with Crippen molar-refractivity contribution in [3.05, 3.63) is 60.2 Å². The summed E-state index contributed by atoms with van der Waals surface area (Å²) in [5.41, 5.74) is -1.28. The van der Waals surface area contributed by atoms with Gasteiger partial charge in [0, 0.05) is 26.2 Å². The minimum atomic E-state index is -1.28. The number of benzene rings is 1. The van der Waals surface area contributed by atoms with Crippen LogP contribution in [0.4, 0.5) is 0 Å². The molecule has 3 amide bonds. The van der Waals surface area contributed by atoms with Crippen molar-refractivity contribution in [1.29, 1.82) is 0 Å². The van der Waals surface area contributed by atoms with Gasteiger partial charge in [-0.25, -0.2) is 0 Å². The minimum Gasteiger partial charge on any atom is -0.394 e. The Labute approximate surface area is 224 Å². The average Bonchev–Trinajstić information content (AvgIpc) is 3.24. The first kappa shape index (κ1) is 26.6. The van der Waals surface area contributed by atoms with Gasteiger partial charge in [-0.15, -0.1) is 0 Å². The molecule has 8 heteroatoms. The molecule has 1 aromatic rings. The summed E-state index contributed by atoms with van der Waals surface area (Å²) < 4.78 is 6.95. The third-order valence-electron chi connectivity index (χ3n) is 8.78. The molecular weight excluding hydrogens is 482 g/mol. The summed E-state index contributed by atoms with van der Waals surface area (Å²) in [7, 11) is 0. The average molecular weight is 522 g/mol. The van der Waals surface area contributed by atoms with Crippen molar-refractivity contribution in [2.45, 2.75) is 69.9 Å². The lowest BCUT2D eigenvalue weighted by atomic mass is 9.73. The maximum Gasteiger partial charge on any atom is 0.249 e. The van der Waals surface area contributed by atoms with Crippen LogP contribution in [-0.4, -0.2) is 87.1 Å². The minimum absolute atomic E-state index is 0.138. The van der Waals surface area contributed by atoms with Crippen LogP contribution in [0.15, 0.2) is 54.6 Å². The summed E-state index contributed by atoms with van der Waals surface area (Å²) in [6.45, 7) is 7.36. The number of carbonyl (C=O) groups is 3. The number of hydrogen-bond acceptors (Lipinski definition) is 5. The summed E-state index contributed by atoms with van der Waals surface area (Å²) >= 11 is 0. The molecule has 1 N–H and O–H groups in total. The highest BCUT2D eigenvalue weighted by Crippen LogP contribution is 2.58. The molecule has 0 radical (unpaired) electrons. The number of nitrogens with zero attached hydrogens (tertiary/aromatic N) is 3. The lowest BCUT2D eigenvalue weighted by molar-refractivity contribution is -0.157. The number of likely N-dealkylation sites (tertiary alicyclic amines) is 1. The maximum absolute atomic E-state index is 14.3. The standard InChI is InChI=1S/C30H39N3O5/c1-4-6-16-31-17-11-15-30-24(27(36)33(21(3)20-34)25(30)28(31)37)23-26(35)32(19-22-12-8-7-9-13-22)18-10-14-29(23,5-2)38-30/h7-15,21,23-25,34H,4-6,16-20H2,1-3H3/t21-,23-,24+,25?,29+,30+/m1/s1. The molecule has 2 saturated heterocycles. The predicted molar refractivity (Wildman–Crippen MR) is 143 cm³/mol. The van der Waals surface area contributed by atoms with Crippen LogP contribution < -0.4 is 0 Å². The van der Waals surface area contributed by atoms with E-state index in [0.717, 1.165) is 18.4 Å². The summed E-state index contributed by atoms with van der Waals surface area (Å²) in [6.07, 6.45) is 10.0. The number of carbonyl (C=O) groups excluding carboxylic acids is 3. The van der Waals surface area contributed by atoms with Crippen molar-refractivity contribution in [2.24, 2.45) is 11.8 Å². The van der Waals surface area contributed by atoms with Gasteiger partial charge < -0.3 is 24.5 Å². The van der Waals surface area contributed by atoms with Crippen molar-refractivity contribution in [2.75, 3.05) is 26.2 Å². The van der Waals surface area contributed by atoms with Gasteiger partial charge in [0.05, 0.1) is 30.1 Å². The molecule has 0 saturated carbocycles. The first-order valence-corrected chi connectivity index (χ1v) is 13.9. The first-order chi connectivity index (χ1) is 18.3. The summed E-state index contributed by atoms with van der Waals surface area (Å²) in [4.78, 5) is 47.8. The van der Waals surface area contributed by atoms with Gasteiger partial charge >= 0.3 is 0 Å². The van der Waals surface area contributed by atoms with E-state index in [1.807, 2.05) is 61.6 Å². The van der Waals surface area contributed by atoms with E-state index in [2.05, 4.69) is 6.92 Å².